The fraction of sp³-hybridized carbons (Fsp3) is 0.909. The minimum atomic E-state index is -0.102. The first-order valence-electron chi connectivity index (χ1n) is 5.43. The smallest absolute Gasteiger partial charge is 0.0545 e. The second kappa shape index (κ2) is 5.38. The molecule has 0 spiro atoms. The van der Waals surface area contributed by atoms with E-state index < -0.39 is 0 Å². The lowest BCUT2D eigenvalue weighted by molar-refractivity contribution is 0.0691. The quantitative estimate of drug-likeness (QED) is 0.646. The zero-order valence-electron chi connectivity index (χ0n) is 8.50. The van der Waals surface area contributed by atoms with Crippen LogP contribution in [0.1, 0.15) is 45.4 Å². The van der Waals surface area contributed by atoms with Crippen molar-refractivity contribution < 1.29 is 5.11 Å². The van der Waals surface area contributed by atoms with Crippen molar-refractivity contribution in [2.24, 2.45) is 11.8 Å². The van der Waals surface area contributed by atoms with Crippen LogP contribution >= 0.6 is 0 Å². The molecule has 1 fully saturated rings. The van der Waals surface area contributed by atoms with E-state index in [1.807, 2.05) is 0 Å². The molecule has 2 unspecified atom stereocenters. The van der Waals surface area contributed by atoms with Gasteiger partial charge in [0.2, 0.25) is 0 Å². The van der Waals surface area contributed by atoms with E-state index in [1.54, 1.807) is 0 Å². The molecule has 1 saturated carbocycles. The summed E-state index contributed by atoms with van der Waals surface area (Å²) in [7, 11) is 0. The van der Waals surface area contributed by atoms with Crippen molar-refractivity contribution in [3.05, 3.63) is 0 Å². The predicted molar refractivity (Wildman–Crippen MR) is 55.1 cm³/mol. The Hall–Kier alpha value is -0.370. The van der Waals surface area contributed by atoms with Crippen LogP contribution in [0.25, 0.3) is 0 Å². The molecule has 2 N–H and O–H groups in total. The van der Waals surface area contributed by atoms with E-state index in [2.05, 4.69) is 6.92 Å². The molecule has 0 aromatic carbocycles. The highest BCUT2D eigenvalue weighted by atomic mass is 16.3. The van der Waals surface area contributed by atoms with Gasteiger partial charge in [0.1, 0.15) is 0 Å². The Balaban J connectivity index is 2.37. The SMILES string of the molecule is CCCC1CC(CC=N)C[C@@H](O)C1. The lowest BCUT2D eigenvalue weighted by Crippen LogP contribution is -2.26. The summed E-state index contributed by atoms with van der Waals surface area (Å²) >= 11 is 0. The van der Waals surface area contributed by atoms with Crippen molar-refractivity contribution >= 4 is 6.21 Å². The van der Waals surface area contributed by atoms with E-state index in [1.165, 1.54) is 25.5 Å². The van der Waals surface area contributed by atoms with Crippen molar-refractivity contribution in [2.75, 3.05) is 0 Å². The number of rotatable bonds is 4. The number of hydrogen-bond acceptors (Lipinski definition) is 2. The van der Waals surface area contributed by atoms with E-state index in [4.69, 9.17) is 5.41 Å². The van der Waals surface area contributed by atoms with Crippen molar-refractivity contribution in [2.45, 2.75) is 51.6 Å². The molecule has 0 bridgehead atoms. The van der Waals surface area contributed by atoms with E-state index in [9.17, 15) is 5.11 Å². The van der Waals surface area contributed by atoms with Gasteiger partial charge in [-0.25, -0.2) is 0 Å². The molecule has 1 aliphatic rings. The van der Waals surface area contributed by atoms with Gasteiger partial charge in [-0.05, 0) is 43.7 Å². The maximum Gasteiger partial charge on any atom is 0.0545 e. The minimum absolute atomic E-state index is 0.102. The van der Waals surface area contributed by atoms with Gasteiger partial charge in [0.05, 0.1) is 6.10 Å². The van der Waals surface area contributed by atoms with Gasteiger partial charge < -0.3 is 10.5 Å². The minimum Gasteiger partial charge on any atom is -0.393 e. The van der Waals surface area contributed by atoms with Crippen LogP contribution in [0.4, 0.5) is 0 Å². The van der Waals surface area contributed by atoms with Crippen molar-refractivity contribution in [3.8, 4) is 0 Å². The Kier molecular flexibility index (Phi) is 4.43. The molecule has 3 atom stereocenters. The van der Waals surface area contributed by atoms with E-state index >= 15 is 0 Å². The third-order valence-corrected chi connectivity index (χ3v) is 3.03. The monoisotopic (exact) mass is 183 g/mol. The summed E-state index contributed by atoms with van der Waals surface area (Å²) in [5.74, 6) is 1.27. The van der Waals surface area contributed by atoms with Crippen LogP contribution in [0.3, 0.4) is 0 Å². The second-order valence-corrected chi connectivity index (χ2v) is 4.32. The largest absolute Gasteiger partial charge is 0.393 e. The zero-order valence-corrected chi connectivity index (χ0v) is 8.50. The highest BCUT2D eigenvalue weighted by Crippen LogP contribution is 2.33. The summed E-state index contributed by atoms with van der Waals surface area (Å²) in [5.41, 5.74) is 0. The van der Waals surface area contributed by atoms with Gasteiger partial charge in [-0.2, -0.15) is 0 Å². The average molecular weight is 183 g/mol. The normalized spacial score (nSPS) is 34.5. The van der Waals surface area contributed by atoms with Crippen molar-refractivity contribution in [1.29, 1.82) is 5.41 Å². The molecule has 0 radical (unpaired) electrons. The maximum absolute atomic E-state index is 9.63. The first kappa shape index (κ1) is 10.7. The molecule has 0 amide bonds. The van der Waals surface area contributed by atoms with Gasteiger partial charge in [0.25, 0.3) is 0 Å². The topological polar surface area (TPSA) is 44.1 Å². The van der Waals surface area contributed by atoms with E-state index in [0.29, 0.717) is 11.8 Å². The number of aliphatic hydroxyl groups is 1. The summed E-state index contributed by atoms with van der Waals surface area (Å²) in [6, 6.07) is 0. The van der Waals surface area contributed by atoms with Crippen molar-refractivity contribution in [3.63, 3.8) is 0 Å². The molecule has 0 heterocycles. The fourth-order valence-electron chi connectivity index (χ4n) is 2.53. The van der Waals surface area contributed by atoms with E-state index in [-0.39, 0.29) is 6.10 Å². The van der Waals surface area contributed by atoms with Gasteiger partial charge in [0.15, 0.2) is 0 Å². The Morgan fingerprint density at radius 3 is 2.62 bits per heavy atom. The molecule has 76 valence electrons. The average Bonchev–Trinajstić information content (AvgIpc) is 2.04. The van der Waals surface area contributed by atoms with Crippen LogP contribution in [0, 0.1) is 17.2 Å². The zero-order chi connectivity index (χ0) is 9.68. The number of aliphatic hydroxyl groups excluding tert-OH is 1. The molecule has 13 heavy (non-hydrogen) atoms. The third-order valence-electron chi connectivity index (χ3n) is 3.03. The molecular weight excluding hydrogens is 162 g/mol. The molecule has 0 aliphatic heterocycles. The summed E-state index contributed by atoms with van der Waals surface area (Å²) in [6.45, 7) is 2.20. The van der Waals surface area contributed by atoms with E-state index in [0.717, 1.165) is 19.3 Å². The highest BCUT2D eigenvalue weighted by Gasteiger charge is 2.26. The van der Waals surface area contributed by atoms with Crippen LogP contribution in [0.2, 0.25) is 0 Å². The highest BCUT2D eigenvalue weighted by molar-refractivity contribution is 5.53. The first-order chi connectivity index (χ1) is 6.26. The molecule has 1 aliphatic carbocycles. The summed E-state index contributed by atoms with van der Waals surface area (Å²) in [4.78, 5) is 0. The first-order valence-corrected chi connectivity index (χ1v) is 5.43. The van der Waals surface area contributed by atoms with Gasteiger partial charge in [-0.15, -0.1) is 0 Å². The Bertz CT molecular complexity index is 158. The molecular formula is C11H21NO. The van der Waals surface area contributed by atoms with Crippen LogP contribution in [-0.4, -0.2) is 17.4 Å². The Morgan fingerprint density at radius 1 is 1.31 bits per heavy atom. The second-order valence-electron chi connectivity index (χ2n) is 4.32. The lowest BCUT2D eigenvalue weighted by Gasteiger charge is -2.31. The molecule has 0 aromatic rings. The summed E-state index contributed by atoms with van der Waals surface area (Å²) in [6.07, 6.45) is 7.83. The van der Waals surface area contributed by atoms with Gasteiger partial charge in [-0.3, -0.25) is 0 Å². The molecule has 2 heteroatoms. The maximum atomic E-state index is 9.63. The van der Waals surface area contributed by atoms with Crippen molar-refractivity contribution in [1.82, 2.24) is 0 Å². The van der Waals surface area contributed by atoms with Gasteiger partial charge in [-0.1, -0.05) is 19.8 Å². The van der Waals surface area contributed by atoms with Gasteiger partial charge >= 0.3 is 0 Å². The Morgan fingerprint density at radius 2 is 2.00 bits per heavy atom. The van der Waals surface area contributed by atoms with Crippen LogP contribution in [0.15, 0.2) is 0 Å². The Labute approximate surface area is 80.9 Å². The molecule has 0 saturated heterocycles. The number of hydrogen-bond donors (Lipinski definition) is 2. The predicted octanol–water partition coefficient (Wildman–Crippen LogP) is 2.60. The molecule has 0 aromatic heterocycles. The lowest BCUT2D eigenvalue weighted by atomic mass is 9.77. The summed E-state index contributed by atoms with van der Waals surface area (Å²) < 4.78 is 0. The van der Waals surface area contributed by atoms with Crippen LogP contribution in [0.5, 0.6) is 0 Å². The fourth-order valence-corrected chi connectivity index (χ4v) is 2.53. The summed E-state index contributed by atoms with van der Waals surface area (Å²) in [5, 5.41) is 16.7. The van der Waals surface area contributed by atoms with Gasteiger partial charge in [0, 0.05) is 0 Å². The van der Waals surface area contributed by atoms with Crippen LogP contribution in [-0.2, 0) is 0 Å². The standard InChI is InChI=1S/C11H21NO/c1-2-3-9-6-10(4-5-12)8-11(13)7-9/h5,9-13H,2-4,6-8H2,1H3/t9?,10?,11-/m0/s1. The van der Waals surface area contributed by atoms with Crippen LogP contribution < -0.4 is 0 Å². The molecule has 1 rings (SSSR count). The molecule has 2 nitrogen and oxygen atoms in total. The third kappa shape index (κ3) is 3.47. The number of nitrogens with one attached hydrogen (secondary N) is 1.